The summed E-state index contributed by atoms with van der Waals surface area (Å²) >= 11 is 3.21. The van der Waals surface area contributed by atoms with Crippen molar-refractivity contribution in [1.29, 1.82) is 0 Å². The number of rotatable bonds is 3. The van der Waals surface area contributed by atoms with E-state index < -0.39 is 4.92 Å². The Kier molecular flexibility index (Phi) is 4.95. The van der Waals surface area contributed by atoms with Crippen molar-refractivity contribution in [3.8, 4) is 0 Å². The SMILES string of the molecule is CN(C(=O)c1cc(Br)cc([N+](=O)[O-])c1)C1CCC(N)CC1. The Labute approximate surface area is 131 Å². The van der Waals surface area contributed by atoms with E-state index in [0.717, 1.165) is 25.7 Å². The van der Waals surface area contributed by atoms with E-state index in [1.54, 1.807) is 18.0 Å². The van der Waals surface area contributed by atoms with E-state index in [-0.39, 0.29) is 23.7 Å². The number of amides is 1. The Balaban J connectivity index is 2.17. The number of nitrogens with zero attached hydrogens (tertiary/aromatic N) is 2. The number of non-ortho nitro benzene ring substituents is 1. The highest BCUT2D eigenvalue weighted by atomic mass is 79.9. The maximum absolute atomic E-state index is 12.5. The summed E-state index contributed by atoms with van der Waals surface area (Å²) in [4.78, 5) is 24.6. The smallest absolute Gasteiger partial charge is 0.271 e. The molecule has 0 aliphatic heterocycles. The molecule has 1 aromatic rings. The van der Waals surface area contributed by atoms with E-state index in [1.807, 2.05) is 0 Å². The molecule has 1 saturated carbocycles. The number of benzene rings is 1. The van der Waals surface area contributed by atoms with Crippen LogP contribution in [0.1, 0.15) is 36.0 Å². The molecule has 1 aromatic carbocycles. The van der Waals surface area contributed by atoms with Gasteiger partial charge in [-0.3, -0.25) is 14.9 Å². The summed E-state index contributed by atoms with van der Waals surface area (Å²) in [5.74, 6) is -0.195. The molecule has 1 aliphatic rings. The fourth-order valence-electron chi connectivity index (χ4n) is 2.66. The van der Waals surface area contributed by atoms with Crippen molar-refractivity contribution < 1.29 is 9.72 Å². The second kappa shape index (κ2) is 6.53. The monoisotopic (exact) mass is 355 g/mol. The van der Waals surface area contributed by atoms with Crippen molar-refractivity contribution in [1.82, 2.24) is 4.90 Å². The maximum atomic E-state index is 12.5. The van der Waals surface area contributed by atoms with Crippen LogP contribution in [0.15, 0.2) is 22.7 Å². The predicted octanol–water partition coefficient (Wildman–Crippen LogP) is 2.70. The highest BCUT2D eigenvalue weighted by molar-refractivity contribution is 9.10. The molecule has 2 rings (SSSR count). The number of hydrogen-bond donors (Lipinski definition) is 1. The number of nitrogens with two attached hydrogens (primary N) is 1. The van der Waals surface area contributed by atoms with Crippen LogP contribution in [-0.4, -0.2) is 34.9 Å². The average molecular weight is 356 g/mol. The quantitative estimate of drug-likeness (QED) is 0.666. The zero-order chi connectivity index (χ0) is 15.6. The van der Waals surface area contributed by atoms with Gasteiger partial charge in [-0.2, -0.15) is 0 Å². The number of carbonyl (C=O) groups excluding carboxylic acids is 1. The van der Waals surface area contributed by atoms with Crippen molar-refractivity contribution in [2.75, 3.05) is 7.05 Å². The first kappa shape index (κ1) is 15.9. The Hall–Kier alpha value is -1.47. The lowest BCUT2D eigenvalue weighted by atomic mass is 9.90. The summed E-state index contributed by atoms with van der Waals surface area (Å²) in [6.45, 7) is 0. The fourth-order valence-corrected chi connectivity index (χ4v) is 3.14. The van der Waals surface area contributed by atoms with Gasteiger partial charge in [-0.15, -0.1) is 0 Å². The van der Waals surface area contributed by atoms with Crippen molar-refractivity contribution in [2.24, 2.45) is 5.73 Å². The lowest BCUT2D eigenvalue weighted by molar-refractivity contribution is -0.385. The molecule has 114 valence electrons. The average Bonchev–Trinajstić information content (AvgIpc) is 2.45. The third-order valence-electron chi connectivity index (χ3n) is 3.95. The van der Waals surface area contributed by atoms with Crippen LogP contribution in [0.5, 0.6) is 0 Å². The molecule has 0 atom stereocenters. The minimum absolute atomic E-state index is 0.0909. The largest absolute Gasteiger partial charge is 0.339 e. The molecule has 0 saturated heterocycles. The van der Waals surface area contributed by atoms with Crippen LogP contribution < -0.4 is 5.73 Å². The van der Waals surface area contributed by atoms with Gasteiger partial charge in [0.25, 0.3) is 11.6 Å². The molecule has 0 heterocycles. The van der Waals surface area contributed by atoms with Crippen LogP contribution in [0, 0.1) is 10.1 Å². The summed E-state index contributed by atoms with van der Waals surface area (Å²) in [5.41, 5.74) is 6.11. The lowest BCUT2D eigenvalue weighted by Gasteiger charge is -2.33. The van der Waals surface area contributed by atoms with E-state index >= 15 is 0 Å². The zero-order valence-corrected chi connectivity index (χ0v) is 13.4. The second-order valence-corrected chi connectivity index (χ2v) is 6.36. The summed E-state index contributed by atoms with van der Waals surface area (Å²) < 4.78 is 0.527. The van der Waals surface area contributed by atoms with Gasteiger partial charge in [0.15, 0.2) is 0 Å². The second-order valence-electron chi connectivity index (χ2n) is 5.44. The molecule has 1 aliphatic carbocycles. The molecular weight excluding hydrogens is 338 g/mol. The van der Waals surface area contributed by atoms with E-state index in [2.05, 4.69) is 15.9 Å². The first-order valence-electron chi connectivity index (χ1n) is 6.86. The zero-order valence-electron chi connectivity index (χ0n) is 11.8. The van der Waals surface area contributed by atoms with Crippen molar-refractivity contribution in [3.63, 3.8) is 0 Å². The van der Waals surface area contributed by atoms with Gasteiger partial charge in [0, 0.05) is 41.3 Å². The van der Waals surface area contributed by atoms with Crippen molar-refractivity contribution in [3.05, 3.63) is 38.3 Å². The predicted molar refractivity (Wildman–Crippen MR) is 83.1 cm³/mol. The Morgan fingerprint density at radius 1 is 1.33 bits per heavy atom. The van der Waals surface area contributed by atoms with Gasteiger partial charge >= 0.3 is 0 Å². The van der Waals surface area contributed by atoms with Crippen molar-refractivity contribution >= 4 is 27.5 Å². The van der Waals surface area contributed by atoms with Crippen LogP contribution in [0.2, 0.25) is 0 Å². The normalized spacial score (nSPS) is 21.9. The van der Waals surface area contributed by atoms with Gasteiger partial charge in [-0.1, -0.05) is 15.9 Å². The molecule has 6 nitrogen and oxygen atoms in total. The molecule has 7 heteroatoms. The van der Waals surface area contributed by atoms with E-state index in [4.69, 9.17) is 5.73 Å². The molecular formula is C14H18BrN3O3. The third-order valence-corrected chi connectivity index (χ3v) is 4.41. The molecule has 1 amide bonds. The van der Waals surface area contributed by atoms with Crippen LogP contribution in [0.3, 0.4) is 0 Å². The van der Waals surface area contributed by atoms with Gasteiger partial charge in [0.1, 0.15) is 0 Å². The molecule has 0 unspecified atom stereocenters. The summed E-state index contributed by atoms with van der Waals surface area (Å²) in [6, 6.07) is 4.68. The van der Waals surface area contributed by atoms with Gasteiger partial charge in [-0.05, 0) is 31.7 Å². The molecule has 0 radical (unpaired) electrons. The minimum Gasteiger partial charge on any atom is -0.339 e. The minimum atomic E-state index is -0.499. The summed E-state index contributed by atoms with van der Waals surface area (Å²) in [7, 11) is 1.75. The van der Waals surface area contributed by atoms with Crippen LogP contribution in [0.25, 0.3) is 0 Å². The van der Waals surface area contributed by atoms with Gasteiger partial charge in [-0.25, -0.2) is 0 Å². The third kappa shape index (κ3) is 3.79. The number of nitro benzene ring substituents is 1. The van der Waals surface area contributed by atoms with E-state index in [9.17, 15) is 14.9 Å². The van der Waals surface area contributed by atoms with Gasteiger partial charge < -0.3 is 10.6 Å². The first-order valence-corrected chi connectivity index (χ1v) is 7.65. The van der Waals surface area contributed by atoms with E-state index in [1.165, 1.54) is 12.1 Å². The summed E-state index contributed by atoms with van der Waals surface area (Å²) in [6.07, 6.45) is 3.56. The highest BCUT2D eigenvalue weighted by Crippen LogP contribution is 2.25. The summed E-state index contributed by atoms with van der Waals surface area (Å²) in [5, 5.41) is 10.9. The highest BCUT2D eigenvalue weighted by Gasteiger charge is 2.26. The van der Waals surface area contributed by atoms with Gasteiger partial charge in [0.2, 0.25) is 0 Å². The fraction of sp³-hybridized carbons (Fsp3) is 0.500. The van der Waals surface area contributed by atoms with Crippen molar-refractivity contribution in [2.45, 2.75) is 37.8 Å². The van der Waals surface area contributed by atoms with E-state index in [0.29, 0.717) is 10.0 Å². The molecule has 0 aromatic heterocycles. The van der Waals surface area contributed by atoms with Crippen LogP contribution in [0.4, 0.5) is 5.69 Å². The Morgan fingerprint density at radius 3 is 2.52 bits per heavy atom. The Bertz CT molecular complexity index is 556. The van der Waals surface area contributed by atoms with Crippen LogP contribution in [-0.2, 0) is 0 Å². The number of hydrogen-bond acceptors (Lipinski definition) is 4. The number of halogens is 1. The standard InChI is InChI=1S/C14H18BrN3O3/c1-17(12-4-2-11(16)3-5-12)14(19)9-6-10(15)8-13(7-9)18(20)21/h6-8,11-12H,2-5,16H2,1H3. The Morgan fingerprint density at radius 2 is 1.95 bits per heavy atom. The molecule has 0 bridgehead atoms. The number of nitro groups is 1. The molecule has 2 N–H and O–H groups in total. The molecule has 1 fully saturated rings. The molecule has 21 heavy (non-hydrogen) atoms. The number of carbonyl (C=O) groups is 1. The van der Waals surface area contributed by atoms with Gasteiger partial charge in [0.05, 0.1) is 4.92 Å². The topological polar surface area (TPSA) is 89.5 Å². The first-order chi connectivity index (χ1) is 9.88. The van der Waals surface area contributed by atoms with Crippen LogP contribution >= 0.6 is 15.9 Å². The maximum Gasteiger partial charge on any atom is 0.271 e. The molecule has 0 spiro atoms. The lowest BCUT2D eigenvalue weighted by Crippen LogP contribution is -2.41.